The number of hydrogen-bond acceptors (Lipinski definition) is 4. The van der Waals surface area contributed by atoms with Crippen LogP contribution in [-0.4, -0.2) is 136 Å². The van der Waals surface area contributed by atoms with Gasteiger partial charge in [-0.15, -0.1) is 0 Å². The van der Waals surface area contributed by atoms with E-state index in [1.54, 1.807) is 0 Å². The molecule has 0 aliphatic heterocycles. The Morgan fingerprint density at radius 1 is 0.889 bits per heavy atom. The molecule has 0 aromatic heterocycles. The number of phosphoric acid groups is 1. The van der Waals surface area contributed by atoms with E-state index in [4.69, 9.17) is 19.2 Å². The van der Waals surface area contributed by atoms with Crippen LogP contribution in [0.5, 0.6) is 0 Å². The second kappa shape index (κ2) is 15.1. The van der Waals surface area contributed by atoms with Crippen LogP contribution in [0.25, 0.3) is 0 Å². The van der Waals surface area contributed by atoms with Crippen LogP contribution in [0.1, 0.15) is 0 Å². The van der Waals surface area contributed by atoms with Crippen LogP contribution in [0.3, 0.4) is 0 Å². The average molecular weight is 240 g/mol. The average Bonchev–Trinajstić information content (AvgIpc) is 0.722. The molecular formula is Ca3MgO4P+5. The zero-order valence-corrected chi connectivity index (χ0v) is 13.8. The Bertz CT molecular complexity index is 61.9. The Kier molecular flexibility index (Phi) is 49.1. The van der Waals surface area contributed by atoms with Crippen molar-refractivity contribution in [1.82, 2.24) is 0 Å². The maximum Gasteiger partial charge on any atom is 2.00 e. The first-order chi connectivity index (χ1) is 2.00. The molecule has 0 bridgehead atoms. The monoisotopic (exact) mass is 239 g/mol. The van der Waals surface area contributed by atoms with E-state index < -0.39 is 7.82 Å². The van der Waals surface area contributed by atoms with Crippen molar-refractivity contribution in [1.29, 1.82) is 0 Å². The summed E-state index contributed by atoms with van der Waals surface area (Å²) in [5, 5.41) is 0. The molecule has 0 fully saturated rings. The van der Waals surface area contributed by atoms with Crippen molar-refractivity contribution in [3.63, 3.8) is 0 Å². The first kappa shape index (κ1) is 29.2. The quantitative estimate of drug-likeness (QED) is 0.316. The summed E-state index contributed by atoms with van der Waals surface area (Å²) in [4.78, 5) is 25.6. The van der Waals surface area contributed by atoms with Crippen molar-refractivity contribution in [3.8, 4) is 0 Å². The van der Waals surface area contributed by atoms with Crippen LogP contribution in [0, 0.1) is 0 Å². The number of hydrogen-bond donors (Lipinski definition) is 0. The second-order valence-corrected chi connectivity index (χ2v) is 1.34. The van der Waals surface area contributed by atoms with E-state index in [2.05, 4.69) is 0 Å². The molecule has 0 amide bonds. The molecule has 0 spiro atoms. The minimum Gasteiger partial charge on any atom is -0.822 e. The third-order valence-corrected chi connectivity index (χ3v) is 0. The van der Waals surface area contributed by atoms with Crippen molar-refractivity contribution in [3.05, 3.63) is 0 Å². The van der Waals surface area contributed by atoms with Crippen LogP contribution in [0.2, 0.25) is 0 Å². The summed E-state index contributed by atoms with van der Waals surface area (Å²) in [5.41, 5.74) is 0. The van der Waals surface area contributed by atoms with Gasteiger partial charge in [0.1, 0.15) is 0 Å². The van der Waals surface area contributed by atoms with Crippen LogP contribution in [0.15, 0.2) is 0 Å². The van der Waals surface area contributed by atoms with Crippen LogP contribution in [-0.2, 0) is 4.57 Å². The van der Waals surface area contributed by atoms with Crippen LogP contribution >= 0.6 is 7.82 Å². The maximum atomic E-state index is 8.55. The van der Waals surface area contributed by atoms with E-state index in [0.717, 1.165) is 0 Å². The molecule has 0 aliphatic carbocycles. The molecule has 32 valence electrons. The van der Waals surface area contributed by atoms with Crippen LogP contribution in [0.4, 0.5) is 0 Å². The van der Waals surface area contributed by atoms with E-state index >= 15 is 0 Å². The summed E-state index contributed by atoms with van der Waals surface area (Å²) in [6.07, 6.45) is 0. The minimum absolute atomic E-state index is 0. The zero-order valence-electron chi connectivity index (χ0n) is 4.91. The van der Waals surface area contributed by atoms with E-state index in [1.165, 1.54) is 0 Å². The van der Waals surface area contributed by atoms with E-state index in [1.807, 2.05) is 0 Å². The predicted molar refractivity (Wildman–Crippen MR) is 30.6 cm³/mol. The normalized spacial score (nSPS) is 6.56. The zero-order chi connectivity index (χ0) is 4.50. The fourth-order valence-electron chi connectivity index (χ4n) is 0. The minimum atomic E-state index is -5.39. The van der Waals surface area contributed by atoms with Gasteiger partial charge in [-0.2, -0.15) is 7.82 Å². The third-order valence-electron chi connectivity index (χ3n) is 0. The van der Waals surface area contributed by atoms with Gasteiger partial charge in [-0.05, 0) is 0 Å². The molecule has 0 aromatic rings. The molecule has 9 heteroatoms. The van der Waals surface area contributed by atoms with Gasteiger partial charge in [-0.3, -0.25) is 0 Å². The van der Waals surface area contributed by atoms with E-state index in [9.17, 15) is 0 Å². The van der Waals surface area contributed by atoms with Gasteiger partial charge in [0.25, 0.3) is 0 Å². The second-order valence-electron chi connectivity index (χ2n) is 0.447. The molecule has 0 heterocycles. The van der Waals surface area contributed by atoms with Gasteiger partial charge in [0, 0.05) is 0 Å². The van der Waals surface area contributed by atoms with Crippen molar-refractivity contribution in [2.75, 3.05) is 0 Å². The smallest absolute Gasteiger partial charge is 0.822 e. The first-order valence-corrected chi connectivity index (χ1v) is 2.19. The Balaban J connectivity index is -0.0000000133. The molecule has 0 saturated carbocycles. The SMILES string of the molecule is O=P([O-])([O-])[O-].[Ca+2].[Ca+2].[Ca+2].[Mg+2]. The largest absolute Gasteiger partial charge is 2.00 e. The Morgan fingerprint density at radius 3 is 0.889 bits per heavy atom. The fraction of sp³-hybridized carbons (Fsp3) is 0. The predicted octanol–water partition coefficient (Wildman–Crippen LogP) is -4.35. The van der Waals surface area contributed by atoms with E-state index in [0.29, 0.717) is 0 Å². The fourth-order valence-corrected chi connectivity index (χ4v) is 0. The van der Waals surface area contributed by atoms with Gasteiger partial charge in [0.2, 0.25) is 0 Å². The molecule has 9 heavy (non-hydrogen) atoms. The van der Waals surface area contributed by atoms with E-state index in [-0.39, 0.29) is 136 Å². The molecule has 0 saturated heterocycles. The molecule has 0 aliphatic rings. The van der Waals surface area contributed by atoms with Gasteiger partial charge in [0.15, 0.2) is 0 Å². The molecule has 0 rings (SSSR count). The Labute approximate surface area is 159 Å². The Morgan fingerprint density at radius 2 is 0.889 bits per heavy atom. The molecule has 0 aromatic carbocycles. The van der Waals surface area contributed by atoms with Gasteiger partial charge in [0.05, 0.1) is 0 Å². The summed E-state index contributed by atoms with van der Waals surface area (Å²) in [5.74, 6) is 0. The van der Waals surface area contributed by atoms with Gasteiger partial charge in [-0.25, -0.2) is 0 Å². The van der Waals surface area contributed by atoms with Crippen molar-refractivity contribution in [2.45, 2.75) is 0 Å². The molecule has 0 N–H and O–H groups in total. The van der Waals surface area contributed by atoms with Gasteiger partial charge in [-0.1, -0.05) is 0 Å². The summed E-state index contributed by atoms with van der Waals surface area (Å²) in [7, 11) is -5.39. The van der Waals surface area contributed by atoms with Crippen LogP contribution < -0.4 is 14.7 Å². The summed E-state index contributed by atoms with van der Waals surface area (Å²) >= 11 is 0. The van der Waals surface area contributed by atoms with Crippen molar-refractivity contribution < 1.29 is 19.2 Å². The summed E-state index contributed by atoms with van der Waals surface area (Å²) in [6, 6.07) is 0. The first-order valence-electron chi connectivity index (χ1n) is 0.730. The summed E-state index contributed by atoms with van der Waals surface area (Å²) in [6.45, 7) is 0. The molecule has 0 unspecified atom stereocenters. The van der Waals surface area contributed by atoms with Crippen molar-refractivity contribution >= 4 is 144 Å². The number of rotatable bonds is 0. The topological polar surface area (TPSA) is 86.2 Å². The van der Waals surface area contributed by atoms with Gasteiger partial charge >= 0.3 is 136 Å². The molecule has 4 nitrogen and oxygen atoms in total. The maximum absolute atomic E-state index is 8.55. The Hall–Kier alpha value is 4.66. The van der Waals surface area contributed by atoms with Crippen molar-refractivity contribution in [2.24, 2.45) is 0 Å². The molecule has 0 atom stereocenters. The van der Waals surface area contributed by atoms with Gasteiger partial charge < -0.3 is 19.2 Å². The molecule has 0 radical (unpaired) electrons. The standard InChI is InChI=1S/3Ca.Mg.H3O4P/c;;;;1-5(2,3)4/h;;;;(H3,1,2,3,4)/q4*+2;/p-3. The molecular weight excluding hydrogens is 240 g/mol. The third kappa shape index (κ3) is 66.3. The summed E-state index contributed by atoms with van der Waals surface area (Å²) < 4.78 is 8.55.